The molecular formula is C16H19ClN4O2. The topological polar surface area (TPSA) is 76.0 Å². The molecule has 0 radical (unpaired) electrons. The number of nitrogens with zero attached hydrogens (tertiary/aromatic N) is 2. The smallest absolute Gasteiger partial charge is 0.254 e. The van der Waals surface area contributed by atoms with Gasteiger partial charge in [-0.05, 0) is 18.1 Å². The molecule has 2 N–H and O–H groups in total. The van der Waals surface area contributed by atoms with Crippen molar-refractivity contribution in [2.45, 2.75) is 19.9 Å². The zero-order chi connectivity index (χ0) is 16.7. The van der Waals surface area contributed by atoms with Gasteiger partial charge < -0.3 is 10.6 Å². The van der Waals surface area contributed by atoms with Crippen LogP contribution >= 0.6 is 11.6 Å². The van der Waals surface area contributed by atoms with Crippen LogP contribution in [0.2, 0.25) is 5.02 Å². The minimum absolute atomic E-state index is 0.0471. The van der Waals surface area contributed by atoms with Crippen LogP contribution in [0.1, 0.15) is 29.3 Å². The Morgan fingerprint density at radius 3 is 2.78 bits per heavy atom. The molecule has 1 aromatic heterocycles. The van der Waals surface area contributed by atoms with E-state index in [9.17, 15) is 9.59 Å². The van der Waals surface area contributed by atoms with Gasteiger partial charge in [0, 0.05) is 17.8 Å². The van der Waals surface area contributed by atoms with E-state index in [1.807, 2.05) is 31.2 Å². The van der Waals surface area contributed by atoms with E-state index in [-0.39, 0.29) is 18.4 Å². The van der Waals surface area contributed by atoms with E-state index < -0.39 is 0 Å². The van der Waals surface area contributed by atoms with Gasteiger partial charge in [-0.2, -0.15) is 5.10 Å². The summed E-state index contributed by atoms with van der Waals surface area (Å²) in [7, 11) is 0. The Labute approximate surface area is 139 Å². The Hall–Kier alpha value is -2.34. The molecular weight excluding hydrogens is 316 g/mol. The van der Waals surface area contributed by atoms with Crippen LogP contribution in [0.4, 0.5) is 0 Å². The maximum absolute atomic E-state index is 12.0. The number of benzene rings is 1. The fraction of sp³-hybridized carbons (Fsp3) is 0.312. The van der Waals surface area contributed by atoms with Crippen molar-refractivity contribution in [1.29, 1.82) is 0 Å². The third-order valence-corrected chi connectivity index (χ3v) is 3.54. The maximum Gasteiger partial charge on any atom is 0.254 e. The van der Waals surface area contributed by atoms with E-state index in [0.29, 0.717) is 23.7 Å². The van der Waals surface area contributed by atoms with E-state index in [0.717, 1.165) is 12.0 Å². The van der Waals surface area contributed by atoms with Gasteiger partial charge in [0.15, 0.2) is 0 Å². The lowest BCUT2D eigenvalue weighted by molar-refractivity contribution is -0.120. The first kappa shape index (κ1) is 17.0. The number of aromatic nitrogens is 2. The highest BCUT2D eigenvalue weighted by molar-refractivity contribution is 6.31. The molecule has 0 spiro atoms. The highest BCUT2D eigenvalue weighted by Gasteiger charge is 2.11. The first-order chi connectivity index (χ1) is 11.1. The lowest BCUT2D eigenvalue weighted by Gasteiger charge is -2.05. The number of carbonyl (C=O) groups excluding carboxylic acids is 2. The molecule has 0 fully saturated rings. The zero-order valence-corrected chi connectivity index (χ0v) is 13.6. The van der Waals surface area contributed by atoms with Crippen LogP contribution in [0, 0.1) is 0 Å². The molecule has 2 rings (SSSR count). The van der Waals surface area contributed by atoms with Crippen molar-refractivity contribution in [1.82, 2.24) is 20.4 Å². The summed E-state index contributed by atoms with van der Waals surface area (Å²) in [6.07, 6.45) is 3.95. The summed E-state index contributed by atoms with van der Waals surface area (Å²) in [5.74, 6) is -0.536. The standard InChI is InChI=1S/C16H19ClN4O2/c1-2-7-18-15(22)9-19-16(23)13-8-20-21(11-13)10-12-5-3-4-6-14(12)17/h3-6,8,11H,2,7,9-10H2,1H3,(H,18,22)(H,19,23). The lowest BCUT2D eigenvalue weighted by atomic mass is 10.2. The van der Waals surface area contributed by atoms with Crippen LogP contribution < -0.4 is 10.6 Å². The van der Waals surface area contributed by atoms with Crippen molar-refractivity contribution in [3.05, 3.63) is 52.8 Å². The van der Waals surface area contributed by atoms with Crippen molar-refractivity contribution in [2.24, 2.45) is 0 Å². The number of hydrogen-bond acceptors (Lipinski definition) is 3. The zero-order valence-electron chi connectivity index (χ0n) is 12.9. The van der Waals surface area contributed by atoms with E-state index in [1.165, 1.54) is 6.20 Å². The van der Waals surface area contributed by atoms with E-state index in [1.54, 1.807) is 10.9 Å². The van der Waals surface area contributed by atoms with Gasteiger partial charge in [-0.1, -0.05) is 36.7 Å². The maximum atomic E-state index is 12.0. The molecule has 1 aromatic carbocycles. The second-order valence-electron chi connectivity index (χ2n) is 5.05. The normalized spacial score (nSPS) is 10.3. The van der Waals surface area contributed by atoms with Crippen LogP contribution in [0.15, 0.2) is 36.7 Å². The number of rotatable bonds is 7. The van der Waals surface area contributed by atoms with Crippen LogP contribution in [-0.2, 0) is 11.3 Å². The van der Waals surface area contributed by atoms with Gasteiger partial charge in [0.25, 0.3) is 5.91 Å². The molecule has 0 atom stereocenters. The summed E-state index contributed by atoms with van der Waals surface area (Å²) < 4.78 is 1.63. The fourth-order valence-corrected chi connectivity index (χ4v) is 2.15. The third-order valence-electron chi connectivity index (χ3n) is 3.17. The molecule has 0 saturated heterocycles. The second kappa shape index (κ2) is 8.33. The van der Waals surface area contributed by atoms with Gasteiger partial charge in [-0.3, -0.25) is 14.3 Å². The molecule has 2 aromatic rings. The lowest BCUT2D eigenvalue weighted by Crippen LogP contribution is -2.37. The number of amides is 2. The first-order valence-corrected chi connectivity index (χ1v) is 7.78. The second-order valence-corrected chi connectivity index (χ2v) is 5.46. The summed E-state index contributed by atoms with van der Waals surface area (Å²) in [4.78, 5) is 23.4. The molecule has 0 aliphatic heterocycles. The van der Waals surface area contributed by atoms with Crippen molar-refractivity contribution in [3.63, 3.8) is 0 Å². The molecule has 2 amide bonds. The van der Waals surface area contributed by atoms with Gasteiger partial charge in [-0.15, -0.1) is 0 Å². The van der Waals surface area contributed by atoms with Gasteiger partial charge in [0.2, 0.25) is 5.91 Å². The van der Waals surface area contributed by atoms with Crippen molar-refractivity contribution < 1.29 is 9.59 Å². The molecule has 0 saturated carbocycles. The van der Waals surface area contributed by atoms with E-state index in [4.69, 9.17) is 11.6 Å². The molecule has 1 heterocycles. The number of halogens is 1. The average Bonchev–Trinajstić information content (AvgIpc) is 3.01. The molecule has 23 heavy (non-hydrogen) atoms. The highest BCUT2D eigenvalue weighted by Crippen LogP contribution is 2.16. The number of nitrogens with one attached hydrogen (secondary N) is 2. The van der Waals surface area contributed by atoms with Crippen LogP contribution in [0.3, 0.4) is 0 Å². The predicted molar refractivity (Wildman–Crippen MR) is 88.4 cm³/mol. The van der Waals surface area contributed by atoms with Crippen molar-refractivity contribution in [3.8, 4) is 0 Å². The summed E-state index contributed by atoms with van der Waals surface area (Å²) in [5.41, 5.74) is 1.32. The molecule has 122 valence electrons. The third kappa shape index (κ3) is 5.10. The van der Waals surface area contributed by atoms with Gasteiger partial charge in [0.1, 0.15) is 0 Å². The minimum Gasteiger partial charge on any atom is -0.355 e. The van der Waals surface area contributed by atoms with Crippen LogP contribution in [0.25, 0.3) is 0 Å². The SMILES string of the molecule is CCCNC(=O)CNC(=O)c1cnn(Cc2ccccc2Cl)c1. The molecule has 0 aliphatic carbocycles. The van der Waals surface area contributed by atoms with Gasteiger partial charge in [-0.25, -0.2) is 0 Å². The molecule has 0 bridgehead atoms. The highest BCUT2D eigenvalue weighted by atomic mass is 35.5. The largest absolute Gasteiger partial charge is 0.355 e. The molecule has 6 nitrogen and oxygen atoms in total. The summed E-state index contributed by atoms with van der Waals surface area (Å²) in [6.45, 7) is 3.00. The van der Waals surface area contributed by atoms with Crippen LogP contribution in [0.5, 0.6) is 0 Å². The number of hydrogen-bond donors (Lipinski definition) is 2. The Bertz CT molecular complexity index is 684. The van der Waals surface area contributed by atoms with Crippen molar-refractivity contribution in [2.75, 3.05) is 13.1 Å². The quantitative estimate of drug-likeness (QED) is 0.811. The van der Waals surface area contributed by atoms with E-state index in [2.05, 4.69) is 15.7 Å². The van der Waals surface area contributed by atoms with Gasteiger partial charge >= 0.3 is 0 Å². The fourth-order valence-electron chi connectivity index (χ4n) is 1.96. The van der Waals surface area contributed by atoms with Crippen molar-refractivity contribution >= 4 is 23.4 Å². The van der Waals surface area contributed by atoms with Gasteiger partial charge in [0.05, 0.1) is 24.8 Å². The predicted octanol–water partition coefficient (Wildman–Crippen LogP) is 1.84. The Balaban J connectivity index is 1.90. The Kier molecular flexibility index (Phi) is 6.17. The summed E-state index contributed by atoms with van der Waals surface area (Å²) >= 11 is 6.10. The molecule has 0 unspecified atom stereocenters. The number of carbonyl (C=O) groups is 2. The molecule has 7 heteroatoms. The van der Waals surface area contributed by atoms with E-state index >= 15 is 0 Å². The first-order valence-electron chi connectivity index (χ1n) is 7.41. The monoisotopic (exact) mass is 334 g/mol. The summed E-state index contributed by atoms with van der Waals surface area (Å²) in [6, 6.07) is 7.47. The Morgan fingerprint density at radius 1 is 1.26 bits per heavy atom. The average molecular weight is 335 g/mol. The minimum atomic E-state index is -0.331. The Morgan fingerprint density at radius 2 is 2.04 bits per heavy atom. The molecule has 0 aliphatic rings. The summed E-state index contributed by atoms with van der Waals surface area (Å²) in [5, 5.41) is 10.1. The van der Waals surface area contributed by atoms with Crippen LogP contribution in [-0.4, -0.2) is 34.7 Å².